The van der Waals surface area contributed by atoms with E-state index in [-0.39, 0.29) is 62.0 Å². The second kappa shape index (κ2) is 31.6. The lowest BCUT2D eigenvalue weighted by Gasteiger charge is -2.29. The number of ether oxygens (including phenoxy) is 1. The summed E-state index contributed by atoms with van der Waals surface area (Å²) in [5.74, 6) is -13.2. The van der Waals surface area contributed by atoms with Gasteiger partial charge in [0.1, 0.15) is 35.9 Å². The molecule has 0 unspecified atom stereocenters. The van der Waals surface area contributed by atoms with Crippen LogP contribution in [0.4, 0.5) is 0 Å². The number of amides is 7. The van der Waals surface area contributed by atoms with Crippen molar-refractivity contribution in [2.45, 2.75) is 136 Å². The van der Waals surface area contributed by atoms with Gasteiger partial charge in [-0.05, 0) is 61.5 Å². The summed E-state index contributed by atoms with van der Waals surface area (Å²) in [6, 6.07) is 0.595. The first-order chi connectivity index (χ1) is 35.2. The molecule has 1 fully saturated rings. The first-order valence-electron chi connectivity index (χ1n) is 25.1. The van der Waals surface area contributed by atoms with Crippen LogP contribution in [0.2, 0.25) is 0 Å². The molecule has 1 aliphatic rings. The van der Waals surface area contributed by atoms with Gasteiger partial charge in [-0.2, -0.15) is 0 Å². The predicted molar refractivity (Wildman–Crippen MR) is 280 cm³/mol. The molecule has 10 atom stereocenters. The molecule has 1 aromatic rings. The molecule has 0 bridgehead atoms. The van der Waals surface area contributed by atoms with Gasteiger partial charge in [-0.3, -0.25) is 38.6 Å². The second-order valence-corrected chi connectivity index (χ2v) is 19.7. The number of aliphatic hydroxyl groups excluding tert-OH is 1. The number of carbonyl (C=O) groups excluding carboxylic acids is 7. The van der Waals surface area contributed by atoms with Crippen LogP contribution in [0, 0.1) is 29.6 Å². The monoisotopic (exact) mass is 1050 g/mol. The zero-order chi connectivity index (χ0) is 56.7. The molecule has 1 aromatic carbocycles. The highest BCUT2D eigenvalue weighted by molar-refractivity contribution is 6.00. The Bertz CT molecular complexity index is 2250. The number of carboxylic acids is 2. The third kappa shape index (κ3) is 21.7. The highest BCUT2D eigenvalue weighted by Crippen LogP contribution is 2.19. The number of carbonyl (C=O) groups is 9. The number of benzene rings is 1. The molecule has 23 nitrogen and oxygen atoms in total. The number of methoxy groups -OCH3 is 1. The van der Waals surface area contributed by atoms with E-state index in [4.69, 9.17) is 16.2 Å². The van der Waals surface area contributed by atoms with Crippen LogP contribution in [-0.4, -0.2) is 149 Å². The van der Waals surface area contributed by atoms with Gasteiger partial charge in [-0.25, -0.2) is 9.59 Å². The summed E-state index contributed by atoms with van der Waals surface area (Å²) < 4.78 is 5.79. The Morgan fingerprint density at radius 1 is 0.800 bits per heavy atom. The van der Waals surface area contributed by atoms with Gasteiger partial charge in [0.15, 0.2) is 5.96 Å². The van der Waals surface area contributed by atoms with Gasteiger partial charge >= 0.3 is 11.9 Å². The van der Waals surface area contributed by atoms with Gasteiger partial charge in [0, 0.05) is 33.0 Å². The summed E-state index contributed by atoms with van der Waals surface area (Å²) in [5.41, 5.74) is 12.0. The van der Waals surface area contributed by atoms with E-state index in [2.05, 4.69) is 43.5 Å². The molecular formula is C52H80N10O13. The minimum atomic E-state index is -1.91. The van der Waals surface area contributed by atoms with E-state index in [1.165, 1.54) is 33.0 Å². The van der Waals surface area contributed by atoms with E-state index in [9.17, 15) is 58.5 Å². The number of hydrogen-bond acceptors (Lipinski definition) is 12. The number of nitrogens with one attached hydrogen (secondary N) is 6. The maximum Gasteiger partial charge on any atom is 0.327 e. The summed E-state index contributed by atoms with van der Waals surface area (Å²) >= 11 is 0. The fraction of sp³-hybridized carbons (Fsp3) is 0.577. The number of carboxylic acid groups (broad SMARTS) is 2. The third-order valence-corrected chi connectivity index (χ3v) is 12.6. The molecule has 1 aliphatic heterocycles. The van der Waals surface area contributed by atoms with Crippen molar-refractivity contribution < 1.29 is 63.2 Å². The fourth-order valence-corrected chi connectivity index (χ4v) is 8.03. The van der Waals surface area contributed by atoms with Crippen molar-refractivity contribution in [1.29, 1.82) is 0 Å². The molecule has 0 radical (unpaired) electrons. The number of nitrogens with zero attached hydrogens (tertiary/aromatic N) is 2. The minimum Gasteiger partial charge on any atom is -0.480 e. The Hall–Kier alpha value is -7.14. The number of hydrogen-bond donors (Lipinski definition) is 11. The highest BCUT2D eigenvalue weighted by Gasteiger charge is 2.38. The van der Waals surface area contributed by atoms with Gasteiger partial charge in [0.05, 0.1) is 30.6 Å². The molecule has 75 heavy (non-hydrogen) atoms. The maximum atomic E-state index is 14.5. The first kappa shape index (κ1) is 64.0. The molecule has 2 rings (SSSR count). The first-order valence-corrected chi connectivity index (χ1v) is 25.1. The quantitative estimate of drug-likeness (QED) is 0.0316. The van der Waals surface area contributed by atoms with Crippen LogP contribution in [0.1, 0.15) is 92.6 Å². The van der Waals surface area contributed by atoms with Crippen molar-refractivity contribution in [3.05, 3.63) is 72.0 Å². The van der Waals surface area contributed by atoms with Crippen LogP contribution in [0.3, 0.4) is 0 Å². The average molecular weight is 1050 g/mol. The topological polar surface area (TPSA) is 363 Å². The molecule has 0 saturated carbocycles. The van der Waals surface area contributed by atoms with E-state index in [0.29, 0.717) is 12.0 Å². The van der Waals surface area contributed by atoms with Gasteiger partial charge in [-0.1, -0.05) is 104 Å². The van der Waals surface area contributed by atoms with E-state index in [1.54, 1.807) is 40.9 Å². The van der Waals surface area contributed by atoms with Crippen LogP contribution in [0.5, 0.6) is 0 Å². The van der Waals surface area contributed by atoms with Crippen molar-refractivity contribution in [1.82, 2.24) is 36.8 Å². The number of aliphatic imine (C=N–C) groups is 1. The van der Waals surface area contributed by atoms with Crippen molar-refractivity contribution in [2.75, 3.05) is 27.3 Å². The summed E-state index contributed by atoms with van der Waals surface area (Å²) in [6.45, 7) is 14.7. The van der Waals surface area contributed by atoms with Gasteiger partial charge in [-0.15, -0.1) is 0 Å². The van der Waals surface area contributed by atoms with Crippen molar-refractivity contribution in [3.63, 3.8) is 0 Å². The molecule has 0 aromatic heterocycles. The Morgan fingerprint density at radius 2 is 1.36 bits per heavy atom. The van der Waals surface area contributed by atoms with Crippen LogP contribution >= 0.6 is 0 Å². The molecule has 416 valence electrons. The number of aliphatic hydroxyl groups is 1. The zero-order valence-electron chi connectivity index (χ0n) is 44.6. The Labute approximate surface area is 439 Å². The number of nitrogens with two attached hydrogens (primary N) is 2. The van der Waals surface area contributed by atoms with Crippen LogP contribution in [0.25, 0.3) is 0 Å². The normalized spacial score (nSPS) is 24.7. The van der Waals surface area contributed by atoms with Gasteiger partial charge < -0.3 is 68.3 Å². The van der Waals surface area contributed by atoms with Gasteiger partial charge in [0.2, 0.25) is 35.4 Å². The minimum absolute atomic E-state index is 0.00326. The SMILES string of the molecule is C=C1C(=O)N[C@H](CC(C)C)C(=O)N[C@@H](CC(C)C)C(=O)N[C@@H](C(=O)O)[C@H](C)C(=O)N[C@@H](CCCN=C(N)N)C(=O)N[C@@H](/C=C/C(=C/[C@H](C)[C@H](Cc2ccccc2)OC)CO)[C@H](C)C(=O)N[C@@H](C(=O)O)CCC(=O)N1C. The largest absolute Gasteiger partial charge is 0.480 e. The molecule has 23 heteroatoms. The van der Waals surface area contributed by atoms with Gasteiger partial charge in [0.25, 0.3) is 5.91 Å². The number of rotatable bonds is 18. The van der Waals surface area contributed by atoms with Crippen molar-refractivity contribution >= 4 is 59.2 Å². The summed E-state index contributed by atoms with van der Waals surface area (Å²) in [6.07, 6.45) is 3.85. The summed E-state index contributed by atoms with van der Waals surface area (Å²) in [7, 11) is 2.78. The van der Waals surface area contributed by atoms with E-state index >= 15 is 0 Å². The number of likely N-dealkylation sites (N-methyl/N-ethyl adjacent to an activating group) is 1. The summed E-state index contributed by atoms with van der Waals surface area (Å²) in [4.78, 5) is 128. The standard InChI is InChI=1S/C52H80N10O13/c1-28(2)23-39-48(69)60-40(24-29(3)4)49(70)61-43(51(73)74)32(7)45(66)57-37(17-14-22-55-52(53)54)47(68)56-36(19-18-35(27-63)25-30(5)41(75-10)26-34-15-12-11-13-16-34)31(6)44(65)58-38(50(71)72)20-21-42(64)62(9)33(8)46(67)59-39/h11-13,15-16,18-19,25,28-32,36-41,43,63H,8,14,17,20-24,26-27H2,1-7,9-10H3,(H,56,68)(H,57,66)(H,58,65)(H,59,67)(H,60,69)(H,61,70)(H,71,72)(H,73,74)(H4,53,54,55)/b19-18+,35-25-/t30-,31-,32-,36-,37-,38+,39+,40-,41-,43+/m0/s1. The molecular weight excluding hydrogens is 973 g/mol. The number of aliphatic carboxylic acids is 2. The Kier molecular flexibility index (Phi) is 26.9. The lowest BCUT2D eigenvalue weighted by Crippen LogP contribution is -2.59. The predicted octanol–water partition coefficient (Wildman–Crippen LogP) is 0.617. The zero-order valence-corrected chi connectivity index (χ0v) is 44.6. The highest BCUT2D eigenvalue weighted by atomic mass is 16.5. The maximum absolute atomic E-state index is 14.5. The number of guanidine groups is 1. The summed E-state index contributed by atoms with van der Waals surface area (Å²) in [5, 5.41) is 46.4. The third-order valence-electron chi connectivity index (χ3n) is 12.6. The second-order valence-electron chi connectivity index (χ2n) is 19.7. The molecule has 1 saturated heterocycles. The Morgan fingerprint density at radius 3 is 1.91 bits per heavy atom. The van der Waals surface area contributed by atoms with Crippen molar-refractivity contribution in [3.8, 4) is 0 Å². The average Bonchev–Trinajstić information content (AvgIpc) is 3.35. The van der Waals surface area contributed by atoms with E-state index < -0.39 is 127 Å². The van der Waals surface area contributed by atoms with Crippen LogP contribution < -0.4 is 43.4 Å². The smallest absolute Gasteiger partial charge is 0.327 e. The molecule has 7 amide bonds. The molecule has 1 heterocycles. The van der Waals surface area contributed by atoms with Crippen LogP contribution in [0.15, 0.2) is 71.4 Å². The molecule has 0 aliphatic carbocycles. The Balaban J connectivity index is 2.81. The molecule has 0 spiro atoms. The molecule has 13 N–H and O–H groups in total. The van der Waals surface area contributed by atoms with E-state index in [1.807, 2.05) is 37.3 Å². The fourth-order valence-electron chi connectivity index (χ4n) is 8.03. The lowest BCUT2D eigenvalue weighted by molar-refractivity contribution is -0.146. The van der Waals surface area contributed by atoms with Crippen LogP contribution in [-0.2, 0) is 54.3 Å². The van der Waals surface area contributed by atoms with E-state index in [0.717, 1.165) is 10.5 Å². The lowest BCUT2D eigenvalue weighted by atomic mass is 9.94. The van der Waals surface area contributed by atoms with Crippen molar-refractivity contribution in [2.24, 2.45) is 46.0 Å².